The van der Waals surface area contributed by atoms with Gasteiger partial charge in [0, 0.05) is 101 Å². The van der Waals surface area contributed by atoms with Gasteiger partial charge in [0.05, 0.1) is 59.2 Å². The van der Waals surface area contributed by atoms with Gasteiger partial charge in [0.1, 0.15) is 39.1 Å². The zero-order valence-corrected chi connectivity index (χ0v) is 94.6. The standard InChI is InChI=1S/2C11H24N2O.3C10H21NO2.3C8H15NO.2C8H16O3.C7H14O3.C5H10O2/c2*1-6-11(2,3)10(14)12-8-7-9-13(4)5;3*1-6-10(2,3)9(12)13-8-7-11(4)5;3*1-3-7(2)9-6-4-5-8(9)10;1-4-6(2)8(10)11-5-7(3)9;1-4-6(2)8(10)11-7(3)5-9;1-3-6(2)7(9)10-5-4-8;1-3-4(2)5(6)7/h2*6-9H2,1-5H3,(H,12,14);3*6-8H2,1-5H3;3*7H,3-6H2,1-2H3;2*6-7,9H,4-5H2,1-3H3;6,8H,3-5H2,1-2H3;4H,3H2,1-2H3,(H,6,7). The molecule has 3 saturated heterocycles. The third-order valence-electron chi connectivity index (χ3n) is 23.9. The minimum Gasteiger partial charge on any atom is -0.481 e. The van der Waals surface area contributed by atoms with E-state index in [0.29, 0.717) is 55.7 Å². The smallest absolute Gasteiger partial charge is 0.311 e. The van der Waals surface area contributed by atoms with Crippen molar-refractivity contribution < 1.29 is 106 Å². The number of aliphatic carboxylic acids is 1. The molecule has 0 bridgehead atoms. The predicted octanol–water partition coefficient (Wildman–Crippen LogP) is 15.4. The summed E-state index contributed by atoms with van der Waals surface area (Å²) in [7, 11) is 19.9. The van der Waals surface area contributed by atoms with Crippen molar-refractivity contribution in [3.05, 3.63) is 0 Å². The monoisotopic (exact) mass is 1950 g/mol. The Kier molecular flexibility index (Phi) is 93.3. The lowest BCUT2D eigenvalue weighted by molar-refractivity contribution is -0.155. The first-order valence-electron chi connectivity index (χ1n) is 50.7. The predicted molar refractivity (Wildman–Crippen MR) is 552 cm³/mol. The summed E-state index contributed by atoms with van der Waals surface area (Å²) in [5.41, 5.74) is -1.47. The average Bonchev–Trinajstić information content (AvgIpc) is 1.84. The van der Waals surface area contributed by atoms with Gasteiger partial charge in [-0.05, 0) is 269 Å². The van der Waals surface area contributed by atoms with Crippen LogP contribution in [0.25, 0.3) is 0 Å². The Balaban J connectivity index is -0.000000185. The van der Waals surface area contributed by atoms with Crippen molar-refractivity contribution in [3.63, 3.8) is 0 Å². The van der Waals surface area contributed by atoms with Crippen molar-refractivity contribution in [2.75, 3.05) is 182 Å². The number of esters is 6. The largest absolute Gasteiger partial charge is 0.481 e. The fourth-order valence-corrected chi connectivity index (χ4v) is 9.70. The number of nitrogens with zero attached hydrogens (tertiary/aromatic N) is 8. The van der Waals surface area contributed by atoms with Crippen molar-refractivity contribution in [2.24, 2.45) is 50.7 Å². The summed E-state index contributed by atoms with van der Waals surface area (Å²) in [6, 6.07) is 1.36. The van der Waals surface area contributed by atoms with Crippen LogP contribution in [-0.2, 0) is 86.0 Å². The van der Waals surface area contributed by atoms with Gasteiger partial charge in [-0.1, -0.05) is 138 Å². The lowest BCUT2D eigenvalue weighted by atomic mass is 9.89. The molecule has 0 aromatic heterocycles. The van der Waals surface area contributed by atoms with Gasteiger partial charge < -0.3 is 98.7 Å². The number of carbonyl (C=O) groups is 12. The molecule has 3 rings (SSSR count). The van der Waals surface area contributed by atoms with E-state index in [4.69, 9.17) is 44.1 Å². The molecule has 3 heterocycles. The number of likely N-dealkylation sites (N-methyl/N-ethyl adjacent to an activating group) is 3. The number of amides is 5. The highest BCUT2D eigenvalue weighted by Crippen LogP contribution is 2.25. The van der Waals surface area contributed by atoms with Gasteiger partial charge in [-0.3, -0.25) is 57.5 Å². The lowest BCUT2D eigenvalue weighted by Gasteiger charge is -2.22. The molecule has 0 spiro atoms. The number of carbonyl (C=O) groups excluding carboxylic acids is 11. The minimum atomic E-state index is -0.706. The van der Waals surface area contributed by atoms with Gasteiger partial charge in [0.15, 0.2) is 0 Å². The van der Waals surface area contributed by atoms with Crippen LogP contribution in [-0.4, -0.2) is 343 Å². The summed E-state index contributed by atoms with van der Waals surface area (Å²) in [6.07, 6.45) is 17.0. The highest BCUT2D eigenvalue weighted by atomic mass is 16.6. The van der Waals surface area contributed by atoms with Crippen molar-refractivity contribution >= 4 is 71.3 Å². The molecule has 9 atom stereocenters. The molecular formula is C104H212N10O22. The molecule has 0 aromatic rings. The van der Waals surface area contributed by atoms with Gasteiger partial charge in [0.2, 0.25) is 29.5 Å². The van der Waals surface area contributed by atoms with E-state index in [1.807, 2.05) is 245 Å². The normalized spacial score (nSPS) is 14.8. The molecule has 32 heteroatoms. The van der Waals surface area contributed by atoms with E-state index in [-0.39, 0.29) is 131 Å². The second kappa shape index (κ2) is 86.2. The highest BCUT2D eigenvalue weighted by molar-refractivity contribution is 5.83. The number of nitrogens with one attached hydrogen (secondary N) is 2. The summed E-state index contributed by atoms with van der Waals surface area (Å²) in [5, 5.41) is 39.7. The molecule has 136 heavy (non-hydrogen) atoms. The Morgan fingerprint density at radius 1 is 0.360 bits per heavy atom. The maximum absolute atomic E-state index is 11.6. The summed E-state index contributed by atoms with van der Waals surface area (Å²) in [5.74, 6) is -0.688. The molecule has 6 N–H and O–H groups in total. The van der Waals surface area contributed by atoms with Gasteiger partial charge in [-0.25, -0.2) is 0 Å². The Labute approximate surface area is 829 Å². The second-order valence-electron chi connectivity index (χ2n) is 40.0. The van der Waals surface area contributed by atoms with Crippen LogP contribution in [0.4, 0.5) is 0 Å². The first-order chi connectivity index (χ1) is 62.8. The number of carboxylic acids is 1. The zero-order chi connectivity index (χ0) is 108. The van der Waals surface area contributed by atoms with E-state index in [1.54, 1.807) is 27.7 Å². The summed E-state index contributed by atoms with van der Waals surface area (Å²) < 4.78 is 29.7. The Hall–Kier alpha value is -6.68. The van der Waals surface area contributed by atoms with Gasteiger partial charge >= 0.3 is 41.8 Å². The van der Waals surface area contributed by atoms with E-state index in [1.165, 1.54) is 0 Å². The van der Waals surface area contributed by atoms with Crippen LogP contribution in [0, 0.1) is 50.7 Å². The number of hydrogen-bond acceptors (Lipinski definition) is 26. The third-order valence-corrected chi connectivity index (χ3v) is 23.9. The summed E-state index contributed by atoms with van der Waals surface area (Å²) in [4.78, 5) is 150. The van der Waals surface area contributed by atoms with Gasteiger partial charge in [0.25, 0.3) is 0 Å². The van der Waals surface area contributed by atoms with Crippen LogP contribution >= 0.6 is 0 Å². The lowest BCUT2D eigenvalue weighted by Crippen LogP contribution is -2.37. The number of carboxylic acid groups (broad SMARTS) is 1. The molecular weight excluding hydrogens is 1740 g/mol. The van der Waals surface area contributed by atoms with Crippen molar-refractivity contribution in [3.8, 4) is 0 Å². The Morgan fingerprint density at radius 3 is 0.809 bits per heavy atom. The molecule has 3 aliphatic heterocycles. The Bertz CT molecular complexity index is 2870. The molecule has 32 nitrogen and oxygen atoms in total. The van der Waals surface area contributed by atoms with Crippen molar-refractivity contribution in [2.45, 2.75) is 373 Å². The molecule has 0 aromatic carbocycles. The maximum Gasteiger partial charge on any atom is 0.311 e. The van der Waals surface area contributed by atoms with Crippen molar-refractivity contribution in [1.82, 2.24) is 49.8 Å². The molecule has 0 radical (unpaired) electrons. The molecule has 5 amide bonds. The number of aliphatic hydroxyl groups excluding tert-OH is 3. The number of hydrogen-bond donors (Lipinski definition) is 6. The number of aliphatic hydroxyl groups is 3. The zero-order valence-electron chi connectivity index (χ0n) is 94.6. The molecule has 3 aliphatic rings. The van der Waals surface area contributed by atoms with Gasteiger partial charge in [-0.15, -0.1) is 0 Å². The van der Waals surface area contributed by atoms with Crippen LogP contribution in [0.15, 0.2) is 0 Å². The van der Waals surface area contributed by atoms with Crippen LogP contribution in [0.3, 0.4) is 0 Å². The number of ether oxygens (including phenoxy) is 6. The van der Waals surface area contributed by atoms with E-state index in [2.05, 4.69) is 66.7 Å². The van der Waals surface area contributed by atoms with E-state index in [0.717, 1.165) is 194 Å². The molecule has 0 saturated carbocycles. The molecule has 3 fully saturated rings. The summed E-state index contributed by atoms with van der Waals surface area (Å²) >= 11 is 0. The Morgan fingerprint density at radius 2 is 0.618 bits per heavy atom. The quantitative estimate of drug-likeness (QED) is 0.0187. The first kappa shape index (κ1) is 147. The molecule has 0 aliphatic carbocycles. The first-order valence-corrected chi connectivity index (χ1v) is 50.7. The molecule has 810 valence electrons. The van der Waals surface area contributed by atoms with Crippen LogP contribution < -0.4 is 10.6 Å². The van der Waals surface area contributed by atoms with Crippen LogP contribution in [0.1, 0.15) is 343 Å². The number of likely N-dealkylation sites (tertiary alicyclic amines) is 3. The van der Waals surface area contributed by atoms with E-state index < -0.39 is 12.1 Å². The third kappa shape index (κ3) is 82.1. The van der Waals surface area contributed by atoms with Crippen LogP contribution in [0.5, 0.6) is 0 Å². The van der Waals surface area contributed by atoms with E-state index in [9.17, 15) is 57.5 Å². The summed E-state index contributed by atoms with van der Waals surface area (Å²) in [6.45, 7) is 70.5. The molecule has 9 unspecified atom stereocenters. The van der Waals surface area contributed by atoms with E-state index >= 15 is 0 Å². The van der Waals surface area contributed by atoms with Gasteiger partial charge in [-0.2, -0.15) is 0 Å². The maximum atomic E-state index is 11.6. The number of rotatable bonds is 47. The average molecular weight is 1950 g/mol. The topological polar surface area (TPSA) is 391 Å². The highest BCUT2D eigenvalue weighted by Gasteiger charge is 2.32. The fourth-order valence-electron chi connectivity index (χ4n) is 9.70. The van der Waals surface area contributed by atoms with Crippen molar-refractivity contribution in [1.29, 1.82) is 0 Å². The van der Waals surface area contributed by atoms with Crippen LogP contribution in [0.2, 0.25) is 0 Å². The fraction of sp³-hybridized carbons (Fsp3) is 0.885. The minimum absolute atomic E-state index is 0.0495. The SMILES string of the molecule is CCC(C)(C)C(=O)NCCCN(C)C.CCC(C)(C)C(=O)NCCCN(C)C.CCC(C)(C)C(=O)OCCN(C)C.CCC(C)(C)C(=O)OCCN(C)C.CCC(C)(C)C(=O)OCCN(C)C.CCC(C)C(=O)O.CCC(C)C(=O)OC(C)CO.CCC(C)C(=O)OCC(C)O.CCC(C)C(=O)OCCO.CCC(C)N1CCCC1=O.CCC(C)N1CCCC1=O.CCC(C)N1CCCC1=O. The second-order valence-corrected chi connectivity index (χ2v) is 40.0.